The first kappa shape index (κ1) is 16.7. The first-order chi connectivity index (χ1) is 11.4. The van der Waals surface area contributed by atoms with Crippen molar-refractivity contribution in [1.82, 2.24) is 4.90 Å². The summed E-state index contributed by atoms with van der Waals surface area (Å²) in [7, 11) is 0. The summed E-state index contributed by atoms with van der Waals surface area (Å²) in [4.78, 5) is 2.46. The molecular weight excluding hydrogens is 294 g/mol. The van der Waals surface area contributed by atoms with Crippen molar-refractivity contribution in [3.05, 3.63) is 30.3 Å². The van der Waals surface area contributed by atoms with E-state index in [0.717, 1.165) is 45.1 Å². The van der Waals surface area contributed by atoms with Gasteiger partial charge in [0.05, 0.1) is 32.5 Å². The van der Waals surface area contributed by atoms with E-state index in [-0.39, 0.29) is 6.29 Å². The molecule has 0 bridgehead atoms. The number of benzene rings is 1. The van der Waals surface area contributed by atoms with Crippen molar-refractivity contribution in [3.8, 4) is 5.75 Å². The number of hydrogen-bond donors (Lipinski definition) is 0. The summed E-state index contributed by atoms with van der Waals surface area (Å²) in [5, 5.41) is 0. The Morgan fingerprint density at radius 1 is 1.00 bits per heavy atom. The van der Waals surface area contributed by atoms with Gasteiger partial charge in [-0.05, 0) is 31.5 Å². The summed E-state index contributed by atoms with van der Waals surface area (Å²) < 4.78 is 22.7. The lowest BCUT2D eigenvalue weighted by Crippen LogP contribution is -2.48. The maximum atomic E-state index is 5.72. The topological polar surface area (TPSA) is 40.2 Å². The van der Waals surface area contributed by atoms with Gasteiger partial charge in [0.2, 0.25) is 0 Å². The zero-order valence-electron chi connectivity index (χ0n) is 13.7. The molecule has 0 N–H and O–H groups in total. The quantitative estimate of drug-likeness (QED) is 0.687. The number of ether oxygens (including phenoxy) is 4. The van der Waals surface area contributed by atoms with Gasteiger partial charge in [-0.1, -0.05) is 24.6 Å². The van der Waals surface area contributed by atoms with E-state index in [1.807, 2.05) is 30.3 Å². The third-order valence-corrected chi connectivity index (χ3v) is 4.39. The van der Waals surface area contributed by atoms with E-state index in [4.69, 9.17) is 18.9 Å². The van der Waals surface area contributed by atoms with Crippen LogP contribution in [-0.2, 0) is 14.2 Å². The molecule has 1 atom stereocenters. The Morgan fingerprint density at radius 3 is 2.65 bits per heavy atom. The van der Waals surface area contributed by atoms with Crippen molar-refractivity contribution in [2.45, 2.75) is 31.6 Å². The lowest BCUT2D eigenvalue weighted by Gasteiger charge is -2.37. The van der Waals surface area contributed by atoms with Gasteiger partial charge in [-0.15, -0.1) is 0 Å². The van der Waals surface area contributed by atoms with Crippen LogP contribution in [0.15, 0.2) is 30.3 Å². The van der Waals surface area contributed by atoms with Gasteiger partial charge in [-0.3, -0.25) is 4.90 Å². The molecule has 0 saturated carbocycles. The maximum Gasteiger partial charge on any atom is 0.173 e. The van der Waals surface area contributed by atoms with Crippen molar-refractivity contribution >= 4 is 0 Å². The molecule has 2 fully saturated rings. The van der Waals surface area contributed by atoms with E-state index < -0.39 is 0 Å². The van der Waals surface area contributed by atoms with E-state index in [1.165, 1.54) is 12.8 Å². The smallest absolute Gasteiger partial charge is 0.173 e. The molecule has 2 aliphatic heterocycles. The Bertz CT molecular complexity index is 436. The molecule has 2 saturated heterocycles. The summed E-state index contributed by atoms with van der Waals surface area (Å²) in [5.74, 6) is 0.891. The minimum atomic E-state index is -0.0447. The molecule has 5 heteroatoms. The maximum absolute atomic E-state index is 5.72. The third kappa shape index (κ3) is 5.18. The van der Waals surface area contributed by atoms with Crippen LogP contribution in [0, 0.1) is 0 Å². The van der Waals surface area contributed by atoms with E-state index in [0.29, 0.717) is 19.3 Å². The summed E-state index contributed by atoms with van der Waals surface area (Å²) >= 11 is 0. The fourth-order valence-electron chi connectivity index (χ4n) is 3.22. The van der Waals surface area contributed by atoms with Crippen molar-refractivity contribution in [3.63, 3.8) is 0 Å². The van der Waals surface area contributed by atoms with Gasteiger partial charge in [-0.2, -0.15) is 0 Å². The Morgan fingerprint density at radius 2 is 1.83 bits per heavy atom. The number of para-hydroxylation sites is 1. The van der Waals surface area contributed by atoms with Crippen LogP contribution in [0.3, 0.4) is 0 Å². The van der Waals surface area contributed by atoms with Crippen LogP contribution >= 0.6 is 0 Å². The standard InChI is InChI=1S/C18H27NO4/c1-2-6-16(7-3-1)21-13-12-20-11-10-19-9-5-4-8-17(19)18-22-14-15-23-18/h1-3,6-7,17-18H,4-5,8-15H2. The summed E-state index contributed by atoms with van der Waals surface area (Å²) in [5.41, 5.74) is 0. The lowest BCUT2D eigenvalue weighted by atomic mass is 10.0. The zero-order valence-corrected chi connectivity index (χ0v) is 13.7. The SMILES string of the molecule is c1ccc(OCCOCCN2CCCCC2C2OCCO2)cc1. The molecule has 128 valence electrons. The van der Waals surface area contributed by atoms with Gasteiger partial charge in [0.15, 0.2) is 6.29 Å². The second-order valence-electron chi connectivity index (χ2n) is 5.98. The molecule has 1 aromatic carbocycles. The number of piperidine rings is 1. The van der Waals surface area contributed by atoms with Crippen LogP contribution in [0.1, 0.15) is 19.3 Å². The number of rotatable bonds is 8. The summed E-state index contributed by atoms with van der Waals surface area (Å²) in [6.45, 7) is 5.41. The molecule has 2 heterocycles. The molecule has 5 nitrogen and oxygen atoms in total. The normalized spacial score (nSPS) is 23.2. The second-order valence-corrected chi connectivity index (χ2v) is 5.98. The Kier molecular flexibility index (Phi) is 6.70. The minimum absolute atomic E-state index is 0.0447. The number of nitrogens with zero attached hydrogens (tertiary/aromatic N) is 1. The van der Waals surface area contributed by atoms with Crippen LogP contribution in [0.4, 0.5) is 0 Å². The molecular formula is C18H27NO4. The van der Waals surface area contributed by atoms with E-state index >= 15 is 0 Å². The number of likely N-dealkylation sites (tertiary alicyclic amines) is 1. The van der Waals surface area contributed by atoms with Gasteiger partial charge in [0, 0.05) is 6.54 Å². The highest BCUT2D eigenvalue weighted by Gasteiger charge is 2.33. The van der Waals surface area contributed by atoms with Crippen LogP contribution in [0.5, 0.6) is 5.75 Å². The molecule has 0 aliphatic carbocycles. The van der Waals surface area contributed by atoms with Crippen molar-refractivity contribution in [1.29, 1.82) is 0 Å². The molecule has 0 spiro atoms. The fourth-order valence-corrected chi connectivity index (χ4v) is 3.22. The predicted molar refractivity (Wildman–Crippen MR) is 87.7 cm³/mol. The average Bonchev–Trinajstić information content (AvgIpc) is 3.14. The molecule has 0 aromatic heterocycles. The molecule has 0 amide bonds. The summed E-state index contributed by atoms with van der Waals surface area (Å²) in [6, 6.07) is 10.2. The van der Waals surface area contributed by atoms with E-state index in [1.54, 1.807) is 0 Å². The average molecular weight is 321 g/mol. The first-order valence-electron chi connectivity index (χ1n) is 8.66. The van der Waals surface area contributed by atoms with Crippen molar-refractivity contribution in [2.24, 2.45) is 0 Å². The van der Waals surface area contributed by atoms with Crippen molar-refractivity contribution < 1.29 is 18.9 Å². The largest absolute Gasteiger partial charge is 0.491 e. The van der Waals surface area contributed by atoms with Gasteiger partial charge in [0.1, 0.15) is 12.4 Å². The zero-order chi connectivity index (χ0) is 15.7. The fraction of sp³-hybridized carbons (Fsp3) is 0.667. The lowest BCUT2D eigenvalue weighted by molar-refractivity contribution is -0.112. The van der Waals surface area contributed by atoms with Crippen LogP contribution in [-0.4, -0.2) is 63.4 Å². The Labute approximate surface area is 138 Å². The molecule has 1 aromatic rings. The van der Waals surface area contributed by atoms with Crippen molar-refractivity contribution in [2.75, 3.05) is 46.1 Å². The monoisotopic (exact) mass is 321 g/mol. The van der Waals surface area contributed by atoms with Crippen LogP contribution < -0.4 is 4.74 Å². The Hall–Kier alpha value is -1.14. The van der Waals surface area contributed by atoms with Gasteiger partial charge in [-0.25, -0.2) is 0 Å². The summed E-state index contributed by atoms with van der Waals surface area (Å²) in [6.07, 6.45) is 3.62. The molecule has 0 radical (unpaired) electrons. The predicted octanol–water partition coefficient (Wildman–Crippen LogP) is 2.31. The molecule has 2 aliphatic rings. The van der Waals surface area contributed by atoms with Crippen LogP contribution in [0.2, 0.25) is 0 Å². The molecule has 23 heavy (non-hydrogen) atoms. The van der Waals surface area contributed by atoms with Gasteiger partial charge < -0.3 is 18.9 Å². The van der Waals surface area contributed by atoms with E-state index in [9.17, 15) is 0 Å². The minimum Gasteiger partial charge on any atom is -0.491 e. The van der Waals surface area contributed by atoms with Gasteiger partial charge >= 0.3 is 0 Å². The first-order valence-corrected chi connectivity index (χ1v) is 8.66. The number of hydrogen-bond acceptors (Lipinski definition) is 5. The third-order valence-electron chi connectivity index (χ3n) is 4.39. The molecule has 1 unspecified atom stereocenters. The molecule has 3 rings (SSSR count). The highest BCUT2D eigenvalue weighted by Crippen LogP contribution is 2.23. The Balaban J connectivity index is 1.31. The highest BCUT2D eigenvalue weighted by molar-refractivity contribution is 5.20. The van der Waals surface area contributed by atoms with Gasteiger partial charge in [0.25, 0.3) is 0 Å². The highest BCUT2D eigenvalue weighted by atomic mass is 16.7. The van der Waals surface area contributed by atoms with Crippen LogP contribution in [0.25, 0.3) is 0 Å². The second kappa shape index (κ2) is 9.23. The van der Waals surface area contributed by atoms with E-state index in [2.05, 4.69) is 4.90 Å².